The Bertz CT molecular complexity index is 426. The van der Waals surface area contributed by atoms with E-state index < -0.39 is 0 Å². The quantitative estimate of drug-likeness (QED) is 0.803. The zero-order valence-electron chi connectivity index (χ0n) is 11.1. The molecule has 0 radical (unpaired) electrons. The van der Waals surface area contributed by atoms with Crippen LogP contribution in [0.25, 0.3) is 0 Å². The minimum Gasteiger partial charge on any atom is -0.496 e. The number of benzene rings is 1. The minimum atomic E-state index is 0.156. The van der Waals surface area contributed by atoms with Crippen LogP contribution in [0.5, 0.6) is 5.75 Å². The second-order valence-corrected chi connectivity index (χ2v) is 4.47. The maximum atomic E-state index is 9.08. The van der Waals surface area contributed by atoms with E-state index >= 15 is 0 Å². The molecule has 0 bridgehead atoms. The van der Waals surface area contributed by atoms with Crippen molar-refractivity contribution < 1.29 is 9.84 Å². The van der Waals surface area contributed by atoms with Crippen LogP contribution in [0.4, 0.5) is 0 Å². The minimum absolute atomic E-state index is 0.156. The Balaban J connectivity index is 2.74. The Kier molecular flexibility index (Phi) is 5.63. The van der Waals surface area contributed by atoms with Gasteiger partial charge in [0.25, 0.3) is 0 Å². The average Bonchev–Trinajstić information content (AvgIpc) is 2.43. The monoisotopic (exact) mass is 248 g/mol. The number of nitrogens with one attached hydrogen (secondary N) is 1. The normalized spacial score (nSPS) is 13.7. The summed E-state index contributed by atoms with van der Waals surface area (Å²) in [6.45, 7) is 4.79. The van der Waals surface area contributed by atoms with Crippen molar-refractivity contribution in [2.75, 3.05) is 13.7 Å². The topological polar surface area (TPSA) is 65.3 Å². The predicted octanol–water partition coefficient (Wildman–Crippen LogP) is 1.67. The Morgan fingerprint density at radius 1 is 1.44 bits per heavy atom. The van der Waals surface area contributed by atoms with Crippen molar-refractivity contribution in [3.8, 4) is 11.8 Å². The second-order valence-electron chi connectivity index (χ2n) is 4.47. The molecule has 2 N–H and O–H groups in total. The molecule has 0 aliphatic carbocycles. The van der Waals surface area contributed by atoms with Crippen LogP contribution in [-0.2, 0) is 6.54 Å². The van der Waals surface area contributed by atoms with Gasteiger partial charge in [0.05, 0.1) is 18.7 Å². The summed E-state index contributed by atoms with van der Waals surface area (Å²) in [5.41, 5.74) is 1.57. The van der Waals surface area contributed by atoms with Gasteiger partial charge in [0.1, 0.15) is 5.75 Å². The molecule has 0 aliphatic heterocycles. The Hall–Kier alpha value is -1.57. The molecule has 18 heavy (non-hydrogen) atoms. The number of hydrogen-bond acceptors (Lipinski definition) is 4. The fourth-order valence-corrected chi connectivity index (χ4v) is 1.62. The van der Waals surface area contributed by atoms with Crippen LogP contribution < -0.4 is 10.1 Å². The van der Waals surface area contributed by atoms with E-state index in [1.807, 2.05) is 19.9 Å². The Labute approximate surface area is 108 Å². The maximum Gasteiger partial charge on any atom is 0.123 e. The standard InChI is InChI=1S/C14H20N2O2/c1-10(9-17)11(2)16-8-13-6-12(7-15)4-5-14(13)18-3/h4-6,10-11,16-17H,8-9H2,1-3H3. The molecule has 0 spiro atoms. The highest BCUT2D eigenvalue weighted by Gasteiger charge is 2.11. The lowest BCUT2D eigenvalue weighted by Crippen LogP contribution is -2.33. The molecular formula is C14H20N2O2. The maximum absolute atomic E-state index is 9.08. The number of ether oxygens (including phenoxy) is 1. The van der Waals surface area contributed by atoms with Crippen LogP contribution >= 0.6 is 0 Å². The molecule has 1 aromatic carbocycles. The van der Waals surface area contributed by atoms with Crippen LogP contribution in [0.3, 0.4) is 0 Å². The van der Waals surface area contributed by atoms with E-state index in [4.69, 9.17) is 15.1 Å². The summed E-state index contributed by atoms with van der Waals surface area (Å²) in [6.07, 6.45) is 0. The van der Waals surface area contributed by atoms with Gasteiger partial charge in [0.2, 0.25) is 0 Å². The molecular weight excluding hydrogens is 228 g/mol. The number of hydrogen-bond donors (Lipinski definition) is 2. The molecule has 0 aromatic heterocycles. The SMILES string of the molecule is COc1ccc(C#N)cc1CNC(C)C(C)CO. The van der Waals surface area contributed by atoms with Gasteiger partial charge in [-0.05, 0) is 31.0 Å². The van der Waals surface area contributed by atoms with E-state index in [0.29, 0.717) is 12.1 Å². The molecule has 1 rings (SSSR count). The number of nitriles is 1. The molecule has 0 heterocycles. The summed E-state index contributed by atoms with van der Waals surface area (Å²) in [6, 6.07) is 7.68. The molecule has 0 aliphatic rings. The number of nitrogens with zero attached hydrogens (tertiary/aromatic N) is 1. The third kappa shape index (κ3) is 3.73. The van der Waals surface area contributed by atoms with Gasteiger partial charge in [0, 0.05) is 24.8 Å². The molecule has 4 nitrogen and oxygen atoms in total. The van der Waals surface area contributed by atoms with Crippen LogP contribution in [0, 0.1) is 17.2 Å². The fraction of sp³-hybridized carbons (Fsp3) is 0.500. The van der Waals surface area contributed by atoms with E-state index in [1.54, 1.807) is 19.2 Å². The van der Waals surface area contributed by atoms with Crippen LogP contribution in [0.1, 0.15) is 25.0 Å². The molecule has 4 heteroatoms. The number of aliphatic hydroxyl groups is 1. The highest BCUT2D eigenvalue weighted by molar-refractivity contribution is 5.42. The van der Waals surface area contributed by atoms with Crippen molar-refractivity contribution in [1.29, 1.82) is 5.26 Å². The van der Waals surface area contributed by atoms with Crippen molar-refractivity contribution >= 4 is 0 Å². The van der Waals surface area contributed by atoms with Crippen molar-refractivity contribution in [1.82, 2.24) is 5.32 Å². The van der Waals surface area contributed by atoms with Crippen LogP contribution in [0.15, 0.2) is 18.2 Å². The van der Waals surface area contributed by atoms with Gasteiger partial charge in [-0.25, -0.2) is 0 Å². The van der Waals surface area contributed by atoms with E-state index in [1.165, 1.54) is 0 Å². The van der Waals surface area contributed by atoms with Gasteiger partial charge < -0.3 is 15.2 Å². The molecule has 2 unspecified atom stereocenters. The largest absolute Gasteiger partial charge is 0.496 e. The number of aliphatic hydroxyl groups excluding tert-OH is 1. The summed E-state index contributed by atoms with van der Waals surface area (Å²) in [5.74, 6) is 0.959. The van der Waals surface area contributed by atoms with Gasteiger partial charge in [0.15, 0.2) is 0 Å². The summed E-state index contributed by atoms with van der Waals surface area (Å²) in [4.78, 5) is 0. The van der Waals surface area contributed by atoms with Gasteiger partial charge in [-0.2, -0.15) is 5.26 Å². The molecule has 98 valence electrons. The molecule has 0 saturated carbocycles. The Morgan fingerprint density at radius 3 is 2.72 bits per heavy atom. The van der Waals surface area contributed by atoms with Crippen molar-refractivity contribution in [2.24, 2.45) is 5.92 Å². The van der Waals surface area contributed by atoms with Gasteiger partial charge >= 0.3 is 0 Å². The van der Waals surface area contributed by atoms with Crippen LogP contribution in [0.2, 0.25) is 0 Å². The van der Waals surface area contributed by atoms with Crippen molar-refractivity contribution in [2.45, 2.75) is 26.4 Å². The van der Waals surface area contributed by atoms with E-state index in [2.05, 4.69) is 11.4 Å². The smallest absolute Gasteiger partial charge is 0.123 e. The molecule has 0 fully saturated rings. The molecule has 0 amide bonds. The third-order valence-corrected chi connectivity index (χ3v) is 3.17. The second kappa shape index (κ2) is 7.00. The first-order valence-corrected chi connectivity index (χ1v) is 6.03. The van der Waals surface area contributed by atoms with E-state index in [0.717, 1.165) is 11.3 Å². The predicted molar refractivity (Wildman–Crippen MR) is 70.3 cm³/mol. The summed E-state index contributed by atoms with van der Waals surface area (Å²) < 4.78 is 5.27. The zero-order chi connectivity index (χ0) is 13.5. The van der Waals surface area contributed by atoms with Gasteiger partial charge in [-0.3, -0.25) is 0 Å². The average molecular weight is 248 g/mol. The summed E-state index contributed by atoms with van der Waals surface area (Å²) in [5, 5.41) is 21.3. The lowest BCUT2D eigenvalue weighted by atomic mass is 10.0. The molecule has 2 atom stereocenters. The first-order valence-electron chi connectivity index (χ1n) is 6.03. The highest BCUT2D eigenvalue weighted by atomic mass is 16.5. The van der Waals surface area contributed by atoms with Crippen molar-refractivity contribution in [3.05, 3.63) is 29.3 Å². The lowest BCUT2D eigenvalue weighted by Gasteiger charge is -2.20. The van der Waals surface area contributed by atoms with Crippen molar-refractivity contribution in [3.63, 3.8) is 0 Å². The fourth-order valence-electron chi connectivity index (χ4n) is 1.62. The van der Waals surface area contributed by atoms with E-state index in [9.17, 15) is 0 Å². The highest BCUT2D eigenvalue weighted by Crippen LogP contribution is 2.19. The van der Waals surface area contributed by atoms with E-state index in [-0.39, 0.29) is 18.6 Å². The van der Waals surface area contributed by atoms with Crippen LogP contribution in [-0.4, -0.2) is 24.9 Å². The third-order valence-electron chi connectivity index (χ3n) is 3.17. The van der Waals surface area contributed by atoms with Gasteiger partial charge in [-0.1, -0.05) is 6.92 Å². The molecule has 1 aromatic rings. The first kappa shape index (κ1) is 14.5. The first-order chi connectivity index (χ1) is 8.62. The molecule has 0 saturated heterocycles. The zero-order valence-corrected chi connectivity index (χ0v) is 11.1. The summed E-state index contributed by atoms with van der Waals surface area (Å²) in [7, 11) is 1.62. The Morgan fingerprint density at radius 2 is 2.17 bits per heavy atom. The van der Waals surface area contributed by atoms with Gasteiger partial charge in [-0.15, -0.1) is 0 Å². The summed E-state index contributed by atoms with van der Waals surface area (Å²) >= 11 is 0. The number of methoxy groups -OCH3 is 1. The lowest BCUT2D eigenvalue weighted by molar-refractivity contribution is 0.207. The number of rotatable bonds is 6.